The Morgan fingerprint density at radius 2 is 2.04 bits per heavy atom. The van der Waals surface area contributed by atoms with E-state index in [-0.39, 0.29) is 17.4 Å². The number of nitrogens with zero attached hydrogens (tertiary/aromatic N) is 1. The molecule has 4 nitrogen and oxygen atoms in total. The fraction of sp³-hybridized carbons (Fsp3) is 0.375. The van der Waals surface area contributed by atoms with Gasteiger partial charge in [-0.15, -0.1) is 11.3 Å². The Balaban J connectivity index is 2.20. The summed E-state index contributed by atoms with van der Waals surface area (Å²) >= 11 is 1.52. The first-order valence-corrected chi connectivity index (χ1v) is 8.02. The standard InChI is InChI=1S/C16H18F2N2O2S/c1-4-12(15-19-9(2)10(3)23-15)20-14(21)11-7-5-6-8-13(11)22-16(17)18/h5-8,12,16H,4H2,1-3H3,(H,20,21)/t12-/m1/s1. The van der Waals surface area contributed by atoms with Crippen molar-refractivity contribution < 1.29 is 18.3 Å². The van der Waals surface area contributed by atoms with Gasteiger partial charge in [0.15, 0.2) is 0 Å². The summed E-state index contributed by atoms with van der Waals surface area (Å²) in [6, 6.07) is 5.68. The van der Waals surface area contributed by atoms with Crippen molar-refractivity contribution in [2.45, 2.75) is 39.8 Å². The molecule has 1 aromatic carbocycles. The lowest BCUT2D eigenvalue weighted by molar-refractivity contribution is -0.0501. The number of nitrogens with one attached hydrogen (secondary N) is 1. The van der Waals surface area contributed by atoms with Crippen molar-refractivity contribution in [3.05, 3.63) is 45.4 Å². The van der Waals surface area contributed by atoms with E-state index < -0.39 is 12.5 Å². The van der Waals surface area contributed by atoms with Crippen molar-refractivity contribution in [2.24, 2.45) is 0 Å². The lowest BCUT2D eigenvalue weighted by atomic mass is 10.1. The number of aromatic nitrogens is 1. The van der Waals surface area contributed by atoms with Crippen molar-refractivity contribution in [2.75, 3.05) is 0 Å². The molecule has 0 saturated heterocycles. The summed E-state index contributed by atoms with van der Waals surface area (Å²) in [5.41, 5.74) is 1.01. The average molecular weight is 340 g/mol. The number of benzene rings is 1. The maximum atomic E-state index is 12.4. The van der Waals surface area contributed by atoms with Crippen LogP contribution in [0.15, 0.2) is 24.3 Å². The molecule has 1 aromatic heterocycles. The number of carbonyl (C=O) groups excluding carboxylic acids is 1. The van der Waals surface area contributed by atoms with Gasteiger partial charge in [0.1, 0.15) is 10.8 Å². The highest BCUT2D eigenvalue weighted by atomic mass is 32.1. The zero-order valence-electron chi connectivity index (χ0n) is 13.1. The Hall–Kier alpha value is -2.02. The lowest BCUT2D eigenvalue weighted by Gasteiger charge is -2.16. The van der Waals surface area contributed by atoms with Crippen LogP contribution in [0, 0.1) is 13.8 Å². The van der Waals surface area contributed by atoms with Gasteiger partial charge in [0.2, 0.25) is 0 Å². The lowest BCUT2D eigenvalue weighted by Crippen LogP contribution is -2.28. The first-order chi connectivity index (χ1) is 10.9. The molecule has 1 atom stereocenters. The molecule has 124 valence electrons. The van der Waals surface area contributed by atoms with E-state index in [1.165, 1.54) is 23.5 Å². The second kappa shape index (κ2) is 7.50. The third-order valence-electron chi connectivity index (χ3n) is 3.40. The minimum atomic E-state index is -2.98. The zero-order chi connectivity index (χ0) is 17.0. The molecule has 0 spiro atoms. The van der Waals surface area contributed by atoms with Crippen molar-refractivity contribution in [3.63, 3.8) is 0 Å². The van der Waals surface area contributed by atoms with Gasteiger partial charge in [0.25, 0.3) is 5.91 Å². The molecule has 0 aliphatic heterocycles. The quantitative estimate of drug-likeness (QED) is 0.855. The average Bonchev–Trinajstić information content (AvgIpc) is 2.84. The van der Waals surface area contributed by atoms with Gasteiger partial charge in [-0.2, -0.15) is 8.78 Å². The van der Waals surface area contributed by atoms with E-state index in [4.69, 9.17) is 0 Å². The predicted molar refractivity (Wildman–Crippen MR) is 85.2 cm³/mol. The van der Waals surface area contributed by atoms with Gasteiger partial charge in [-0.3, -0.25) is 4.79 Å². The maximum absolute atomic E-state index is 12.4. The van der Waals surface area contributed by atoms with E-state index in [0.717, 1.165) is 15.6 Å². The zero-order valence-corrected chi connectivity index (χ0v) is 13.9. The van der Waals surface area contributed by atoms with E-state index in [0.29, 0.717) is 6.42 Å². The summed E-state index contributed by atoms with van der Waals surface area (Å²) in [6.45, 7) is 2.83. The SMILES string of the molecule is CC[C@@H](NC(=O)c1ccccc1OC(F)F)c1nc(C)c(C)s1. The van der Waals surface area contributed by atoms with Crippen LogP contribution < -0.4 is 10.1 Å². The van der Waals surface area contributed by atoms with Gasteiger partial charge >= 0.3 is 6.61 Å². The molecule has 7 heteroatoms. The number of hydrogen-bond donors (Lipinski definition) is 1. The Morgan fingerprint density at radius 3 is 2.61 bits per heavy atom. The third kappa shape index (κ3) is 4.25. The van der Waals surface area contributed by atoms with Crippen LogP contribution >= 0.6 is 11.3 Å². The molecule has 1 N–H and O–H groups in total. The molecule has 2 rings (SSSR count). The van der Waals surface area contributed by atoms with Crippen LogP contribution in [0.25, 0.3) is 0 Å². The number of alkyl halides is 2. The molecule has 0 aliphatic rings. The number of carbonyl (C=O) groups is 1. The number of amides is 1. The topological polar surface area (TPSA) is 51.2 Å². The minimum Gasteiger partial charge on any atom is -0.434 e. The molecule has 23 heavy (non-hydrogen) atoms. The second-order valence-electron chi connectivity index (χ2n) is 5.00. The van der Waals surface area contributed by atoms with Crippen LogP contribution in [0.4, 0.5) is 8.78 Å². The number of thiazole rings is 1. The van der Waals surface area contributed by atoms with Crippen molar-refractivity contribution in [1.29, 1.82) is 0 Å². The highest BCUT2D eigenvalue weighted by Crippen LogP contribution is 2.26. The number of halogens is 2. The molecular formula is C16H18F2N2O2S. The van der Waals surface area contributed by atoms with E-state index in [1.54, 1.807) is 12.1 Å². The first kappa shape index (κ1) is 17.3. The number of hydrogen-bond acceptors (Lipinski definition) is 4. The summed E-state index contributed by atoms with van der Waals surface area (Å²) in [5, 5.41) is 3.65. The molecular weight excluding hydrogens is 322 g/mol. The fourth-order valence-electron chi connectivity index (χ4n) is 2.07. The number of para-hydroxylation sites is 1. The smallest absolute Gasteiger partial charge is 0.387 e. The van der Waals surface area contributed by atoms with Gasteiger partial charge in [-0.05, 0) is 32.4 Å². The predicted octanol–water partition coefficient (Wildman–Crippen LogP) is 4.24. The second-order valence-corrected chi connectivity index (χ2v) is 6.24. The van der Waals surface area contributed by atoms with Crippen LogP contribution in [0.3, 0.4) is 0 Å². The molecule has 1 amide bonds. The number of ether oxygens (including phenoxy) is 1. The van der Waals surface area contributed by atoms with E-state index in [1.807, 2.05) is 20.8 Å². The van der Waals surface area contributed by atoms with Gasteiger partial charge in [-0.25, -0.2) is 4.98 Å². The third-order valence-corrected chi connectivity index (χ3v) is 4.59. The molecule has 0 saturated carbocycles. The normalized spacial score (nSPS) is 12.3. The van der Waals surface area contributed by atoms with E-state index in [9.17, 15) is 13.6 Å². The Bertz CT molecular complexity index is 669. The Morgan fingerprint density at radius 1 is 1.35 bits per heavy atom. The Labute approximate surface area is 137 Å². The Kier molecular flexibility index (Phi) is 5.65. The van der Waals surface area contributed by atoms with E-state index >= 15 is 0 Å². The van der Waals surface area contributed by atoms with Gasteiger partial charge in [0.05, 0.1) is 17.3 Å². The van der Waals surface area contributed by atoms with Gasteiger partial charge in [-0.1, -0.05) is 19.1 Å². The summed E-state index contributed by atoms with van der Waals surface area (Å²) in [7, 11) is 0. The molecule has 0 bridgehead atoms. The first-order valence-electron chi connectivity index (χ1n) is 7.21. The van der Waals surface area contributed by atoms with Crippen LogP contribution in [-0.4, -0.2) is 17.5 Å². The van der Waals surface area contributed by atoms with Crippen LogP contribution in [0.5, 0.6) is 5.75 Å². The maximum Gasteiger partial charge on any atom is 0.387 e. The molecule has 2 aromatic rings. The molecule has 1 heterocycles. The highest BCUT2D eigenvalue weighted by molar-refractivity contribution is 7.11. The number of rotatable bonds is 6. The van der Waals surface area contributed by atoms with Crippen molar-refractivity contribution >= 4 is 17.2 Å². The summed E-state index contributed by atoms with van der Waals surface area (Å²) in [6.07, 6.45) is 0.649. The van der Waals surface area contributed by atoms with Crippen LogP contribution in [0.2, 0.25) is 0 Å². The van der Waals surface area contributed by atoms with Crippen molar-refractivity contribution in [1.82, 2.24) is 10.3 Å². The van der Waals surface area contributed by atoms with Crippen molar-refractivity contribution in [3.8, 4) is 5.75 Å². The monoisotopic (exact) mass is 340 g/mol. The van der Waals surface area contributed by atoms with Gasteiger partial charge < -0.3 is 10.1 Å². The molecule has 0 unspecified atom stereocenters. The summed E-state index contributed by atoms with van der Waals surface area (Å²) < 4.78 is 29.3. The highest BCUT2D eigenvalue weighted by Gasteiger charge is 2.21. The van der Waals surface area contributed by atoms with Crippen LogP contribution in [-0.2, 0) is 0 Å². The van der Waals surface area contributed by atoms with Crippen LogP contribution in [0.1, 0.15) is 45.3 Å². The summed E-state index contributed by atoms with van der Waals surface area (Å²) in [4.78, 5) is 18.0. The molecule has 0 radical (unpaired) electrons. The largest absolute Gasteiger partial charge is 0.434 e. The van der Waals surface area contributed by atoms with Gasteiger partial charge in [0, 0.05) is 4.88 Å². The molecule has 0 fully saturated rings. The fourth-order valence-corrected chi connectivity index (χ4v) is 3.13. The summed E-state index contributed by atoms with van der Waals surface area (Å²) in [5.74, 6) is -0.597. The minimum absolute atomic E-state index is 0.0799. The number of aryl methyl sites for hydroxylation is 2. The van der Waals surface area contributed by atoms with E-state index in [2.05, 4.69) is 15.0 Å². The molecule has 0 aliphatic carbocycles.